The van der Waals surface area contributed by atoms with E-state index in [1.54, 1.807) is 41.0 Å². The highest BCUT2D eigenvalue weighted by Gasteiger charge is 2.30. The average Bonchev–Trinajstić information content (AvgIpc) is 3.46. The van der Waals surface area contributed by atoms with E-state index < -0.39 is 0 Å². The van der Waals surface area contributed by atoms with Crippen molar-refractivity contribution in [2.45, 2.75) is 38.5 Å². The van der Waals surface area contributed by atoms with Gasteiger partial charge in [-0.1, -0.05) is 13.8 Å². The van der Waals surface area contributed by atoms with Gasteiger partial charge in [-0.05, 0) is 55.2 Å². The Hall–Kier alpha value is -3.13. The maximum absolute atomic E-state index is 13.3. The Labute approximate surface area is 151 Å². The summed E-state index contributed by atoms with van der Waals surface area (Å²) in [6, 6.07) is 12.3. The molecule has 0 saturated heterocycles. The number of hydrogen-bond donors (Lipinski definition) is 1. The summed E-state index contributed by atoms with van der Waals surface area (Å²) in [5, 5.41) is 19.8. The van der Waals surface area contributed by atoms with E-state index in [4.69, 9.17) is 10.2 Å². The predicted octanol–water partition coefficient (Wildman–Crippen LogP) is 3.96. The minimum atomic E-state index is -0.148. The number of fused-ring (bicyclic) bond motifs is 1. The quantitative estimate of drug-likeness (QED) is 0.779. The average molecular weight is 345 g/mol. The summed E-state index contributed by atoms with van der Waals surface area (Å²) in [5.74, 6) is 1.19. The molecule has 1 heterocycles. The first kappa shape index (κ1) is 16.3. The molecule has 0 radical (unpaired) electrons. The first-order valence-corrected chi connectivity index (χ1v) is 8.80. The number of nitriles is 1. The largest absolute Gasteiger partial charge is 0.508 e. The summed E-state index contributed by atoms with van der Waals surface area (Å²) in [6.07, 6.45) is 2.04. The highest BCUT2D eigenvalue weighted by molar-refractivity contribution is 5.84. The van der Waals surface area contributed by atoms with Gasteiger partial charge in [-0.3, -0.25) is 9.36 Å². The van der Waals surface area contributed by atoms with Crippen LogP contribution in [0.25, 0.3) is 16.6 Å². The van der Waals surface area contributed by atoms with Crippen molar-refractivity contribution in [1.29, 1.82) is 5.26 Å². The summed E-state index contributed by atoms with van der Waals surface area (Å²) in [5.41, 5.74) is 2.50. The SMILES string of the molecule is CC(C)c1nc2c(C3CC3)c(O)ccc2c(=O)n1-c1ccc(C#N)cc1. The number of hydrogen-bond acceptors (Lipinski definition) is 4. The highest BCUT2D eigenvalue weighted by Crippen LogP contribution is 2.46. The van der Waals surface area contributed by atoms with Crippen LogP contribution in [0.4, 0.5) is 0 Å². The first-order valence-electron chi connectivity index (χ1n) is 8.80. The minimum Gasteiger partial charge on any atom is -0.508 e. The lowest BCUT2D eigenvalue weighted by Crippen LogP contribution is -2.25. The molecule has 5 nitrogen and oxygen atoms in total. The van der Waals surface area contributed by atoms with Crippen molar-refractivity contribution in [2.24, 2.45) is 0 Å². The predicted molar refractivity (Wildman–Crippen MR) is 99.8 cm³/mol. The van der Waals surface area contributed by atoms with E-state index in [1.165, 1.54) is 0 Å². The Balaban J connectivity index is 2.05. The molecule has 3 aromatic rings. The van der Waals surface area contributed by atoms with Crippen LogP contribution in [0.5, 0.6) is 5.75 Å². The van der Waals surface area contributed by atoms with Gasteiger partial charge in [0.1, 0.15) is 11.6 Å². The molecule has 2 aromatic carbocycles. The van der Waals surface area contributed by atoms with E-state index in [0.29, 0.717) is 28.0 Å². The first-order chi connectivity index (χ1) is 12.5. The van der Waals surface area contributed by atoms with Gasteiger partial charge in [-0.15, -0.1) is 0 Å². The van der Waals surface area contributed by atoms with Crippen molar-refractivity contribution < 1.29 is 5.11 Å². The zero-order chi connectivity index (χ0) is 18.4. The Morgan fingerprint density at radius 1 is 1.19 bits per heavy atom. The minimum absolute atomic E-state index is 0.0251. The molecular formula is C21H19N3O2. The summed E-state index contributed by atoms with van der Waals surface area (Å²) >= 11 is 0. The maximum Gasteiger partial charge on any atom is 0.265 e. The third-order valence-corrected chi connectivity index (χ3v) is 4.84. The van der Waals surface area contributed by atoms with E-state index >= 15 is 0 Å². The summed E-state index contributed by atoms with van der Waals surface area (Å²) in [4.78, 5) is 18.1. The molecule has 0 spiro atoms. The van der Waals surface area contributed by atoms with Crippen molar-refractivity contribution in [3.8, 4) is 17.5 Å². The van der Waals surface area contributed by atoms with Crippen LogP contribution in [0.2, 0.25) is 0 Å². The monoisotopic (exact) mass is 345 g/mol. The second kappa shape index (κ2) is 5.99. The topological polar surface area (TPSA) is 78.9 Å². The van der Waals surface area contributed by atoms with Gasteiger partial charge >= 0.3 is 0 Å². The standard InChI is InChI=1S/C21H19N3O2/c1-12(2)20-23-19-16(9-10-17(25)18(19)14-5-6-14)21(26)24(20)15-7-3-13(11-22)4-8-15/h3-4,7-10,12,14,25H,5-6H2,1-2H3. The molecule has 1 aliphatic rings. The highest BCUT2D eigenvalue weighted by atomic mass is 16.3. The van der Waals surface area contributed by atoms with Crippen LogP contribution in [0.3, 0.4) is 0 Å². The number of aromatic nitrogens is 2. The fourth-order valence-electron chi connectivity index (χ4n) is 3.38. The van der Waals surface area contributed by atoms with Crippen molar-refractivity contribution in [3.05, 3.63) is 63.7 Å². The molecule has 0 bridgehead atoms. The maximum atomic E-state index is 13.3. The Morgan fingerprint density at radius 3 is 2.46 bits per heavy atom. The van der Waals surface area contributed by atoms with Crippen molar-refractivity contribution >= 4 is 10.9 Å². The smallest absolute Gasteiger partial charge is 0.265 e. The molecule has 1 saturated carbocycles. The number of aromatic hydroxyl groups is 1. The van der Waals surface area contributed by atoms with Gasteiger partial charge in [-0.2, -0.15) is 5.26 Å². The molecular weight excluding hydrogens is 326 g/mol. The number of rotatable bonds is 3. The van der Waals surface area contributed by atoms with E-state index in [0.717, 1.165) is 18.4 Å². The Bertz CT molecular complexity index is 1100. The fourth-order valence-corrected chi connectivity index (χ4v) is 3.38. The van der Waals surface area contributed by atoms with Crippen LogP contribution < -0.4 is 5.56 Å². The van der Waals surface area contributed by atoms with Gasteiger partial charge in [0.25, 0.3) is 5.56 Å². The normalized spacial score (nSPS) is 13.9. The Kier molecular flexibility index (Phi) is 3.77. The summed E-state index contributed by atoms with van der Waals surface area (Å²) in [6.45, 7) is 3.99. The zero-order valence-electron chi connectivity index (χ0n) is 14.7. The van der Waals surface area contributed by atoms with Crippen LogP contribution in [-0.4, -0.2) is 14.7 Å². The zero-order valence-corrected chi connectivity index (χ0v) is 14.7. The van der Waals surface area contributed by atoms with Gasteiger partial charge in [0.15, 0.2) is 0 Å². The molecule has 26 heavy (non-hydrogen) atoms. The molecule has 1 fully saturated rings. The molecule has 0 unspecified atom stereocenters. The second-order valence-corrected chi connectivity index (χ2v) is 7.09. The van der Waals surface area contributed by atoms with Crippen LogP contribution in [0.15, 0.2) is 41.2 Å². The number of nitrogens with zero attached hydrogens (tertiary/aromatic N) is 3. The molecule has 5 heteroatoms. The molecule has 1 N–H and O–H groups in total. The van der Waals surface area contributed by atoms with Gasteiger partial charge in [-0.25, -0.2) is 4.98 Å². The van der Waals surface area contributed by atoms with Gasteiger partial charge in [0, 0.05) is 11.5 Å². The van der Waals surface area contributed by atoms with Crippen LogP contribution >= 0.6 is 0 Å². The van der Waals surface area contributed by atoms with Gasteiger partial charge in [0.2, 0.25) is 0 Å². The lowest BCUT2D eigenvalue weighted by atomic mass is 10.0. The van der Waals surface area contributed by atoms with E-state index in [-0.39, 0.29) is 23.1 Å². The van der Waals surface area contributed by atoms with Crippen LogP contribution in [-0.2, 0) is 0 Å². The second-order valence-electron chi connectivity index (χ2n) is 7.09. The van der Waals surface area contributed by atoms with Gasteiger partial charge in [0.05, 0.1) is 28.2 Å². The van der Waals surface area contributed by atoms with Crippen molar-refractivity contribution in [3.63, 3.8) is 0 Å². The molecule has 130 valence electrons. The number of benzene rings is 2. The lowest BCUT2D eigenvalue weighted by molar-refractivity contribution is 0.469. The van der Waals surface area contributed by atoms with Crippen LogP contribution in [0, 0.1) is 11.3 Å². The Morgan fingerprint density at radius 2 is 1.88 bits per heavy atom. The molecule has 1 aromatic heterocycles. The van der Waals surface area contributed by atoms with E-state index in [9.17, 15) is 9.90 Å². The number of phenolic OH excluding ortho intramolecular Hbond substituents is 1. The van der Waals surface area contributed by atoms with Crippen LogP contribution in [0.1, 0.15) is 55.5 Å². The lowest BCUT2D eigenvalue weighted by Gasteiger charge is -2.17. The molecule has 0 atom stereocenters. The molecule has 0 aliphatic heterocycles. The van der Waals surface area contributed by atoms with Crippen molar-refractivity contribution in [2.75, 3.05) is 0 Å². The van der Waals surface area contributed by atoms with E-state index in [1.807, 2.05) is 13.8 Å². The third-order valence-electron chi connectivity index (χ3n) is 4.84. The fraction of sp³-hybridized carbons (Fsp3) is 0.286. The van der Waals surface area contributed by atoms with E-state index in [2.05, 4.69) is 6.07 Å². The molecule has 4 rings (SSSR count). The van der Waals surface area contributed by atoms with Gasteiger partial charge < -0.3 is 5.11 Å². The summed E-state index contributed by atoms with van der Waals surface area (Å²) in [7, 11) is 0. The molecule has 1 aliphatic carbocycles. The van der Waals surface area contributed by atoms with Crippen molar-refractivity contribution in [1.82, 2.24) is 9.55 Å². The summed E-state index contributed by atoms with van der Waals surface area (Å²) < 4.78 is 1.61. The molecule has 0 amide bonds. The number of phenols is 1. The third kappa shape index (κ3) is 2.55.